The predicted molar refractivity (Wildman–Crippen MR) is 121 cm³/mol. The predicted octanol–water partition coefficient (Wildman–Crippen LogP) is 2.67. The van der Waals surface area contributed by atoms with Crippen molar-refractivity contribution in [3.8, 4) is 0 Å². The lowest BCUT2D eigenvalue weighted by molar-refractivity contribution is -0.0721. The summed E-state index contributed by atoms with van der Waals surface area (Å²) in [5.74, 6) is 1.03. The van der Waals surface area contributed by atoms with Gasteiger partial charge in [-0.2, -0.15) is 0 Å². The van der Waals surface area contributed by atoms with Gasteiger partial charge in [0.05, 0.1) is 18.8 Å². The molecule has 166 valence electrons. The molecule has 6 nitrogen and oxygen atoms in total. The third-order valence-corrected chi connectivity index (χ3v) is 6.67. The number of guanidine groups is 1. The first-order chi connectivity index (χ1) is 14.8. The highest BCUT2D eigenvalue weighted by molar-refractivity contribution is 5.79. The summed E-state index contributed by atoms with van der Waals surface area (Å²) in [6.45, 7) is 7.86. The quantitative estimate of drug-likeness (QED) is 0.573. The van der Waals surface area contributed by atoms with Crippen LogP contribution in [0.3, 0.4) is 0 Å². The lowest BCUT2D eigenvalue weighted by atomic mass is 10.00. The van der Waals surface area contributed by atoms with Crippen LogP contribution in [0.15, 0.2) is 29.3 Å². The van der Waals surface area contributed by atoms with Crippen LogP contribution in [0.5, 0.6) is 0 Å². The van der Waals surface area contributed by atoms with E-state index >= 15 is 0 Å². The molecule has 0 amide bonds. The van der Waals surface area contributed by atoms with Gasteiger partial charge in [-0.1, -0.05) is 24.3 Å². The van der Waals surface area contributed by atoms with Gasteiger partial charge in [0.1, 0.15) is 0 Å². The normalized spacial score (nSPS) is 24.0. The molecule has 1 aromatic carbocycles. The van der Waals surface area contributed by atoms with Crippen molar-refractivity contribution in [2.75, 3.05) is 53.0 Å². The Hall–Kier alpha value is -1.63. The average molecular weight is 415 g/mol. The summed E-state index contributed by atoms with van der Waals surface area (Å²) in [5.41, 5.74) is 2.99. The van der Waals surface area contributed by atoms with Crippen LogP contribution < -0.4 is 5.32 Å². The second-order valence-electron chi connectivity index (χ2n) is 8.78. The van der Waals surface area contributed by atoms with Gasteiger partial charge < -0.3 is 19.7 Å². The van der Waals surface area contributed by atoms with Gasteiger partial charge in [0.15, 0.2) is 5.96 Å². The van der Waals surface area contributed by atoms with Gasteiger partial charge in [0, 0.05) is 52.9 Å². The summed E-state index contributed by atoms with van der Waals surface area (Å²) in [6.07, 6.45) is 7.59. The zero-order valence-corrected chi connectivity index (χ0v) is 18.5. The summed E-state index contributed by atoms with van der Waals surface area (Å²) in [4.78, 5) is 9.44. The molecule has 0 spiro atoms. The number of aliphatic imine (C=N–C) groups is 1. The Morgan fingerprint density at radius 2 is 1.97 bits per heavy atom. The highest BCUT2D eigenvalue weighted by Gasteiger charge is 2.24. The minimum absolute atomic E-state index is 0.313. The number of likely N-dealkylation sites (tertiary alicyclic amines) is 1. The Labute approximate surface area is 181 Å². The van der Waals surface area contributed by atoms with E-state index in [1.54, 1.807) is 0 Å². The average Bonchev–Trinajstić information content (AvgIpc) is 2.81. The number of fused-ring (bicyclic) bond motifs is 1. The van der Waals surface area contributed by atoms with E-state index in [0.29, 0.717) is 12.2 Å². The molecule has 2 saturated heterocycles. The van der Waals surface area contributed by atoms with Crippen LogP contribution in [0.25, 0.3) is 0 Å². The van der Waals surface area contributed by atoms with Crippen molar-refractivity contribution in [3.05, 3.63) is 35.4 Å². The first kappa shape index (κ1) is 21.6. The largest absolute Gasteiger partial charge is 0.376 e. The Morgan fingerprint density at radius 1 is 1.13 bits per heavy atom. The maximum absolute atomic E-state index is 6.15. The zero-order chi connectivity index (χ0) is 20.6. The molecule has 4 rings (SSSR count). The first-order valence-electron chi connectivity index (χ1n) is 11.8. The van der Waals surface area contributed by atoms with E-state index in [-0.39, 0.29) is 0 Å². The summed E-state index contributed by atoms with van der Waals surface area (Å²) in [5, 5.41) is 3.58. The number of ether oxygens (including phenoxy) is 2. The highest BCUT2D eigenvalue weighted by Crippen LogP contribution is 2.19. The van der Waals surface area contributed by atoms with Crippen LogP contribution in [0.4, 0.5) is 0 Å². The molecule has 0 aliphatic carbocycles. The zero-order valence-electron chi connectivity index (χ0n) is 18.5. The second kappa shape index (κ2) is 11.1. The van der Waals surface area contributed by atoms with Gasteiger partial charge in [0.25, 0.3) is 0 Å². The third kappa shape index (κ3) is 5.96. The van der Waals surface area contributed by atoms with E-state index in [9.17, 15) is 0 Å². The molecule has 3 heterocycles. The standard InChI is InChI=1S/C24H38N4O2/c1-25-24(26-12-16-27-13-9-20-6-2-3-7-21(20)18-27)28-14-10-22(11-15-28)30-19-23-8-4-5-17-29-23/h2-3,6-7,22-23H,4-5,8-19H2,1H3,(H,25,26). The maximum atomic E-state index is 6.15. The minimum Gasteiger partial charge on any atom is -0.376 e. The molecule has 3 aliphatic rings. The molecule has 0 aromatic heterocycles. The van der Waals surface area contributed by atoms with Crippen LogP contribution in [0.2, 0.25) is 0 Å². The van der Waals surface area contributed by atoms with E-state index in [4.69, 9.17) is 9.47 Å². The number of hydrogen-bond donors (Lipinski definition) is 1. The molecule has 0 saturated carbocycles. The van der Waals surface area contributed by atoms with Crippen molar-refractivity contribution in [2.45, 2.75) is 57.3 Å². The molecular weight excluding hydrogens is 376 g/mol. The van der Waals surface area contributed by atoms with Gasteiger partial charge in [0.2, 0.25) is 0 Å². The lowest BCUT2D eigenvalue weighted by Crippen LogP contribution is -2.49. The number of hydrogen-bond acceptors (Lipinski definition) is 4. The van der Waals surface area contributed by atoms with E-state index < -0.39 is 0 Å². The highest BCUT2D eigenvalue weighted by atomic mass is 16.5. The maximum Gasteiger partial charge on any atom is 0.193 e. The van der Waals surface area contributed by atoms with E-state index in [2.05, 4.69) is 44.4 Å². The third-order valence-electron chi connectivity index (χ3n) is 6.67. The van der Waals surface area contributed by atoms with Crippen LogP contribution in [-0.2, 0) is 22.4 Å². The van der Waals surface area contributed by atoms with Crippen molar-refractivity contribution in [1.29, 1.82) is 0 Å². The van der Waals surface area contributed by atoms with Crippen molar-refractivity contribution in [2.24, 2.45) is 4.99 Å². The topological polar surface area (TPSA) is 49.3 Å². The van der Waals surface area contributed by atoms with Crippen LogP contribution in [0, 0.1) is 0 Å². The number of benzene rings is 1. The van der Waals surface area contributed by atoms with Crippen LogP contribution in [0.1, 0.15) is 43.2 Å². The van der Waals surface area contributed by atoms with Crippen LogP contribution >= 0.6 is 0 Å². The molecule has 1 unspecified atom stereocenters. The van der Waals surface area contributed by atoms with Gasteiger partial charge in [-0.3, -0.25) is 9.89 Å². The molecule has 1 atom stereocenters. The van der Waals surface area contributed by atoms with Crippen molar-refractivity contribution in [1.82, 2.24) is 15.1 Å². The minimum atomic E-state index is 0.313. The fraction of sp³-hybridized carbons (Fsp3) is 0.708. The molecule has 0 bridgehead atoms. The Balaban J connectivity index is 1.14. The molecule has 3 aliphatic heterocycles. The smallest absolute Gasteiger partial charge is 0.193 e. The molecule has 1 N–H and O–H groups in total. The van der Waals surface area contributed by atoms with Gasteiger partial charge in [-0.05, 0) is 49.7 Å². The molecule has 2 fully saturated rings. The first-order valence-corrected chi connectivity index (χ1v) is 11.8. The summed E-state index contributed by atoms with van der Waals surface area (Å²) < 4.78 is 11.9. The number of rotatable bonds is 6. The number of nitrogens with one attached hydrogen (secondary N) is 1. The molecule has 0 radical (unpaired) electrons. The van der Waals surface area contributed by atoms with E-state index in [0.717, 1.165) is 84.1 Å². The molecule has 30 heavy (non-hydrogen) atoms. The molecular formula is C24H38N4O2. The summed E-state index contributed by atoms with van der Waals surface area (Å²) in [6, 6.07) is 8.83. The number of piperidine rings is 1. The fourth-order valence-electron chi connectivity index (χ4n) is 4.82. The van der Waals surface area contributed by atoms with Gasteiger partial charge in [-0.15, -0.1) is 0 Å². The Kier molecular flexibility index (Phi) is 8.01. The number of nitrogens with zero attached hydrogens (tertiary/aromatic N) is 3. The Bertz CT molecular complexity index is 682. The molecule has 1 aromatic rings. The lowest BCUT2D eigenvalue weighted by Gasteiger charge is -2.35. The van der Waals surface area contributed by atoms with Crippen molar-refractivity contribution >= 4 is 5.96 Å². The summed E-state index contributed by atoms with van der Waals surface area (Å²) >= 11 is 0. The summed E-state index contributed by atoms with van der Waals surface area (Å²) in [7, 11) is 1.89. The second-order valence-corrected chi connectivity index (χ2v) is 8.78. The van der Waals surface area contributed by atoms with E-state index in [1.807, 2.05) is 7.05 Å². The fourth-order valence-corrected chi connectivity index (χ4v) is 4.82. The molecule has 6 heteroatoms. The SMILES string of the molecule is CN=C(NCCN1CCc2ccccc2C1)N1CCC(OCC2CCCCO2)CC1. The monoisotopic (exact) mass is 414 g/mol. The van der Waals surface area contributed by atoms with E-state index in [1.165, 1.54) is 24.0 Å². The van der Waals surface area contributed by atoms with Crippen molar-refractivity contribution < 1.29 is 9.47 Å². The van der Waals surface area contributed by atoms with Gasteiger partial charge in [-0.25, -0.2) is 0 Å². The van der Waals surface area contributed by atoms with Crippen LogP contribution in [-0.4, -0.2) is 81.0 Å². The van der Waals surface area contributed by atoms with Gasteiger partial charge >= 0.3 is 0 Å². The Morgan fingerprint density at radius 3 is 2.73 bits per heavy atom. The van der Waals surface area contributed by atoms with Crippen molar-refractivity contribution in [3.63, 3.8) is 0 Å².